The van der Waals surface area contributed by atoms with Crippen LogP contribution in [-0.2, 0) is 0 Å². The van der Waals surface area contributed by atoms with E-state index in [9.17, 15) is 0 Å². The minimum Gasteiger partial charge on any atom is -0.280 e. The van der Waals surface area contributed by atoms with Gasteiger partial charge in [0.2, 0.25) is 0 Å². The van der Waals surface area contributed by atoms with E-state index in [1.54, 1.807) is 0 Å². The molecule has 0 bridgehead atoms. The van der Waals surface area contributed by atoms with Crippen molar-refractivity contribution in [2.45, 2.75) is 41.1 Å². The van der Waals surface area contributed by atoms with Crippen molar-refractivity contribution in [2.24, 2.45) is 4.99 Å². The first-order chi connectivity index (χ1) is 5.00. The van der Waals surface area contributed by atoms with Gasteiger partial charge in [-0.2, -0.15) is 0 Å². The van der Waals surface area contributed by atoms with E-state index < -0.39 is 0 Å². The van der Waals surface area contributed by atoms with Crippen LogP contribution in [0.15, 0.2) is 4.99 Å². The largest absolute Gasteiger partial charge is 0.280 e. The van der Waals surface area contributed by atoms with Gasteiger partial charge in [0.15, 0.2) is 0 Å². The fraction of sp³-hybridized carbons (Fsp3) is 0.875. The second-order valence-corrected chi connectivity index (χ2v) is 6.79. The van der Waals surface area contributed by atoms with Crippen molar-refractivity contribution in [2.75, 3.05) is 0 Å². The van der Waals surface area contributed by atoms with Gasteiger partial charge in [0.1, 0.15) is 3.55 Å². The highest BCUT2D eigenvalue weighted by Crippen LogP contribution is 2.29. The van der Waals surface area contributed by atoms with Crippen LogP contribution in [0.2, 0.25) is 0 Å². The summed E-state index contributed by atoms with van der Waals surface area (Å²) in [5.74, 6) is 0. The molecule has 0 radical (unpaired) electrons. The van der Waals surface area contributed by atoms with Crippen LogP contribution >= 0.6 is 45.2 Å². The number of alkyl halides is 2. The molecule has 0 spiro atoms. The van der Waals surface area contributed by atoms with Gasteiger partial charge in [-0.3, -0.25) is 4.99 Å². The van der Waals surface area contributed by atoms with E-state index in [4.69, 9.17) is 0 Å². The highest BCUT2D eigenvalue weighted by atomic mass is 127. The van der Waals surface area contributed by atoms with Gasteiger partial charge < -0.3 is 0 Å². The van der Waals surface area contributed by atoms with Crippen LogP contribution in [0.3, 0.4) is 0 Å². The lowest BCUT2D eigenvalue weighted by Gasteiger charge is -2.20. The number of halogens is 2. The SMILES string of the molecule is CCC/C=N/C(C)(I)C(C)I. The zero-order valence-electron chi connectivity index (χ0n) is 7.27. The fourth-order valence-corrected chi connectivity index (χ4v) is 0.833. The molecule has 0 aliphatic rings. The molecule has 2 atom stereocenters. The summed E-state index contributed by atoms with van der Waals surface area (Å²) in [6.07, 6.45) is 4.33. The Morgan fingerprint density at radius 3 is 2.55 bits per heavy atom. The van der Waals surface area contributed by atoms with Crippen molar-refractivity contribution in [1.82, 2.24) is 0 Å². The second kappa shape index (κ2) is 5.72. The van der Waals surface area contributed by atoms with E-state index in [1.807, 2.05) is 6.21 Å². The maximum Gasteiger partial charge on any atom is 0.120 e. The zero-order chi connectivity index (χ0) is 8.91. The lowest BCUT2D eigenvalue weighted by Crippen LogP contribution is -2.22. The van der Waals surface area contributed by atoms with Crippen molar-refractivity contribution < 1.29 is 0 Å². The normalized spacial score (nSPS) is 20.1. The maximum absolute atomic E-state index is 4.50. The van der Waals surface area contributed by atoms with Crippen molar-refractivity contribution in [3.05, 3.63) is 0 Å². The van der Waals surface area contributed by atoms with Crippen LogP contribution in [0.1, 0.15) is 33.6 Å². The van der Waals surface area contributed by atoms with E-state index in [0.29, 0.717) is 3.92 Å². The number of unbranched alkanes of at least 4 members (excludes halogenated alkanes) is 1. The molecule has 0 aliphatic carbocycles. The first kappa shape index (κ1) is 12.1. The summed E-state index contributed by atoms with van der Waals surface area (Å²) in [5, 5.41) is 0. The van der Waals surface area contributed by atoms with Crippen LogP contribution < -0.4 is 0 Å². The third-order valence-corrected chi connectivity index (χ3v) is 5.10. The fourth-order valence-electron chi connectivity index (χ4n) is 0.475. The standard InChI is InChI=1S/C8H15I2N/c1-4-5-6-11-8(3,10)7(2)9/h6-7H,4-5H2,1-3H3/b11-6+. The Morgan fingerprint density at radius 2 is 2.18 bits per heavy atom. The number of aliphatic imine (C=N–C) groups is 1. The average Bonchev–Trinajstić information content (AvgIpc) is 1.88. The molecule has 0 rings (SSSR count). The van der Waals surface area contributed by atoms with Crippen LogP contribution in [0.25, 0.3) is 0 Å². The molecule has 11 heavy (non-hydrogen) atoms. The Morgan fingerprint density at radius 1 is 1.64 bits per heavy atom. The zero-order valence-corrected chi connectivity index (χ0v) is 11.6. The highest BCUT2D eigenvalue weighted by molar-refractivity contribution is 14.1. The summed E-state index contributed by atoms with van der Waals surface area (Å²) in [6, 6.07) is 0. The quantitative estimate of drug-likeness (QED) is 0.305. The van der Waals surface area contributed by atoms with Crippen molar-refractivity contribution in [1.29, 1.82) is 0 Å². The summed E-state index contributed by atoms with van der Waals surface area (Å²) in [6.45, 7) is 6.52. The molecule has 2 unspecified atom stereocenters. The molecule has 3 heteroatoms. The van der Waals surface area contributed by atoms with Gasteiger partial charge >= 0.3 is 0 Å². The van der Waals surface area contributed by atoms with Crippen LogP contribution in [-0.4, -0.2) is 13.7 Å². The molecular formula is C8H15I2N. The first-order valence-corrected chi connectivity index (χ1v) is 6.19. The van der Waals surface area contributed by atoms with E-state index in [2.05, 4.69) is 70.9 Å². The summed E-state index contributed by atoms with van der Waals surface area (Å²) in [4.78, 5) is 4.50. The molecule has 0 N–H and O–H groups in total. The molecule has 1 nitrogen and oxygen atoms in total. The van der Waals surface area contributed by atoms with E-state index in [0.717, 1.165) is 6.42 Å². The predicted octanol–water partition coefficient (Wildman–Crippen LogP) is 3.83. The minimum atomic E-state index is 0.0769. The van der Waals surface area contributed by atoms with Gasteiger partial charge in [0.05, 0.1) is 0 Å². The van der Waals surface area contributed by atoms with E-state index in [-0.39, 0.29) is 3.55 Å². The van der Waals surface area contributed by atoms with E-state index in [1.165, 1.54) is 6.42 Å². The molecular weight excluding hydrogens is 364 g/mol. The molecule has 0 aliphatic heterocycles. The number of nitrogens with zero attached hydrogens (tertiary/aromatic N) is 1. The van der Waals surface area contributed by atoms with Crippen LogP contribution in [0, 0.1) is 0 Å². The third-order valence-electron chi connectivity index (χ3n) is 1.49. The summed E-state index contributed by atoms with van der Waals surface area (Å²) in [7, 11) is 0. The van der Waals surface area contributed by atoms with Crippen LogP contribution in [0.5, 0.6) is 0 Å². The van der Waals surface area contributed by atoms with Gasteiger partial charge in [-0.1, -0.05) is 65.5 Å². The summed E-state index contributed by atoms with van der Waals surface area (Å²) >= 11 is 4.82. The van der Waals surface area contributed by atoms with Crippen LogP contribution in [0.4, 0.5) is 0 Å². The van der Waals surface area contributed by atoms with Gasteiger partial charge in [-0.15, -0.1) is 0 Å². The molecule has 0 aromatic heterocycles. The number of rotatable bonds is 4. The lowest BCUT2D eigenvalue weighted by molar-refractivity contribution is 0.723. The van der Waals surface area contributed by atoms with Crippen molar-refractivity contribution in [3.8, 4) is 0 Å². The Labute approximate surface area is 96.7 Å². The average molecular weight is 379 g/mol. The van der Waals surface area contributed by atoms with Gasteiger partial charge in [-0.25, -0.2) is 0 Å². The second-order valence-electron chi connectivity index (χ2n) is 2.74. The lowest BCUT2D eigenvalue weighted by atomic mass is 10.3. The number of hydrogen-bond acceptors (Lipinski definition) is 1. The number of hydrogen-bond donors (Lipinski definition) is 0. The Kier molecular flexibility index (Phi) is 6.31. The minimum absolute atomic E-state index is 0.0769. The molecule has 0 heterocycles. The summed E-state index contributed by atoms with van der Waals surface area (Å²) in [5.41, 5.74) is 0. The monoisotopic (exact) mass is 379 g/mol. The Bertz CT molecular complexity index is 130. The molecule has 0 amide bonds. The molecule has 66 valence electrons. The highest BCUT2D eigenvalue weighted by Gasteiger charge is 2.23. The maximum atomic E-state index is 4.50. The van der Waals surface area contributed by atoms with Gasteiger partial charge in [-0.05, 0) is 13.3 Å². The summed E-state index contributed by atoms with van der Waals surface area (Å²) < 4.78 is 0.654. The molecule has 0 saturated carbocycles. The van der Waals surface area contributed by atoms with Gasteiger partial charge in [0, 0.05) is 10.1 Å². The Balaban J connectivity index is 3.90. The molecule has 0 aromatic carbocycles. The van der Waals surface area contributed by atoms with Gasteiger partial charge in [0.25, 0.3) is 0 Å². The molecule has 0 fully saturated rings. The van der Waals surface area contributed by atoms with E-state index >= 15 is 0 Å². The van der Waals surface area contributed by atoms with Crippen molar-refractivity contribution in [3.63, 3.8) is 0 Å². The third kappa shape index (κ3) is 5.38. The molecule has 0 aromatic rings. The van der Waals surface area contributed by atoms with Crippen molar-refractivity contribution >= 4 is 51.4 Å². The topological polar surface area (TPSA) is 12.4 Å². The predicted molar refractivity (Wildman–Crippen MR) is 69.3 cm³/mol. The first-order valence-electron chi connectivity index (χ1n) is 3.87. The smallest absolute Gasteiger partial charge is 0.120 e. The Hall–Kier alpha value is 1.13. The molecule has 0 saturated heterocycles.